The van der Waals surface area contributed by atoms with E-state index in [2.05, 4.69) is 415 Å². The first-order chi connectivity index (χ1) is 47.6. The van der Waals surface area contributed by atoms with Crippen LogP contribution in [0, 0.1) is 0 Å². The smallest absolute Gasteiger partial charge is 0.252 e. The maximum Gasteiger partial charge on any atom is 0.252 e. The summed E-state index contributed by atoms with van der Waals surface area (Å²) in [6.07, 6.45) is 0. The van der Waals surface area contributed by atoms with E-state index in [-0.39, 0.29) is 6.71 Å². The molecular formula is C90H66BN3Si2. The van der Waals surface area contributed by atoms with E-state index in [0.717, 1.165) is 51.2 Å². The van der Waals surface area contributed by atoms with Gasteiger partial charge >= 0.3 is 0 Å². The molecule has 0 aromatic heterocycles. The minimum absolute atomic E-state index is 0.208. The van der Waals surface area contributed by atoms with Gasteiger partial charge in [0.25, 0.3) is 6.71 Å². The second-order valence-corrected chi connectivity index (χ2v) is 32.7. The SMILES string of the molecule is c1ccc(-c2ccc3c(c2)B2c4cc(-c5ccccc5)ccc4N(c4cccc([Si](c5ccccc5)(c5ccccc5)c5ccccc5)c4)c4cc(N(c5ccccc5)c5ccccc5)cc(c42)N3c2cccc([Si](c3ccccc3)(c3ccccc3)c3ccccc3)c2)cc1. The van der Waals surface area contributed by atoms with E-state index in [0.29, 0.717) is 0 Å². The van der Waals surface area contributed by atoms with Crippen molar-refractivity contribution in [1.29, 1.82) is 0 Å². The number of benzene rings is 15. The highest BCUT2D eigenvalue weighted by atomic mass is 28.3. The van der Waals surface area contributed by atoms with Crippen molar-refractivity contribution in [3.05, 3.63) is 400 Å². The van der Waals surface area contributed by atoms with Crippen LogP contribution in [0.5, 0.6) is 0 Å². The summed E-state index contributed by atoms with van der Waals surface area (Å²) < 4.78 is 0. The van der Waals surface area contributed by atoms with Gasteiger partial charge in [-0.25, -0.2) is 0 Å². The Hall–Kier alpha value is -11.8. The van der Waals surface area contributed by atoms with E-state index in [4.69, 9.17) is 0 Å². The fraction of sp³-hybridized carbons (Fsp3) is 0. The average molecular weight is 1260 g/mol. The van der Waals surface area contributed by atoms with Crippen LogP contribution >= 0.6 is 0 Å². The van der Waals surface area contributed by atoms with Crippen molar-refractivity contribution in [3.8, 4) is 22.3 Å². The molecule has 15 aromatic rings. The number of hydrogen-bond acceptors (Lipinski definition) is 3. The molecule has 96 heavy (non-hydrogen) atoms. The van der Waals surface area contributed by atoms with Crippen LogP contribution in [0.2, 0.25) is 0 Å². The van der Waals surface area contributed by atoms with Crippen molar-refractivity contribution in [3.63, 3.8) is 0 Å². The van der Waals surface area contributed by atoms with Crippen LogP contribution in [0.25, 0.3) is 22.3 Å². The molecule has 15 aromatic carbocycles. The van der Waals surface area contributed by atoms with E-state index in [9.17, 15) is 0 Å². The van der Waals surface area contributed by atoms with E-state index in [1.807, 2.05) is 0 Å². The summed E-state index contributed by atoms with van der Waals surface area (Å²) in [6.45, 7) is -0.208. The van der Waals surface area contributed by atoms with E-state index in [1.54, 1.807) is 0 Å². The molecule has 2 aliphatic rings. The Labute approximate surface area is 565 Å². The summed E-state index contributed by atoms with van der Waals surface area (Å²) in [4.78, 5) is 7.70. The van der Waals surface area contributed by atoms with Gasteiger partial charge in [0.15, 0.2) is 16.1 Å². The summed E-state index contributed by atoms with van der Waals surface area (Å²) >= 11 is 0. The molecule has 452 valence electrons. The first kappa shape index (κ1) is 58.1. The van der Waals surface area contributed by atoms with Crippen molar-refractivity contribution < 1.29 is 0 Å². The first-order valence-corrected chi connectivity index (χ1v) is 37.3. The zero-order valence-electron chi connectivity index (χ0n) is 53.0. The summed E-state index contributed by atoms with van der Waals surface area (Å²) in [7, 11) is -6.09. The second kappa shape index (κ2) is 24.9. The number of fused-ring (bicyclic) bond motifs is 4. The Bertz CT molecular complexity index is 4710. The van der Waals surface area contributed by atoms with Crippen molar-refractivity contribution in [2.75, 3.05) is 14.7 Å². The van der Waals surface area contributed by atoms with Gasteiger partial charge in [0.2, 0.25) is 0 Å². The summed E-state index contributed by atoms with van der Waals surface area (Å²) in [5.74, 6) is 0. The van der Waals surface area contributed by atoms with Gasteiger partial charge in [0.1, 0.15) is 0 Å². The van der Waals surface area contributed by atoms with Crippen LogP contribution in [0.1, 0.15) is 0 Å². The Morgan fingerprint density at radius 2 is 0.490 bits per heavy atom. The molecule has 0 fully saturated rings. The van der Waals surface area contributed by atoms with Crippen LogP contribution < -0.4 is 72.6 Å². The van der Waals surface area contributed by atoms with Crippen molar-refractivity contribution in [2.45, 2.75) is 0 Å². The maximum absolute atomic E-state index is 3.04. The van der Waals surface area contributed by atoms with Gasteiger partial charge in [-0.15, -0.1) is 0 Å². The minimum Gasteiger partial charge on any atom is -0.311 e. The normalized spacial score (nSPS) is 12.3. The third-order valence-electron chi connectivity index (χ3n) is 19.9. The van der Waals surface area contributed by atoms with Crippen LogP contribution in [-0.4, -0.2) is 22.9 Å². The van der Waals surface area contributed by atoms with E-state index >= 15 is 0 Å². The lowest BCUT2D eigenvalue weighted by Crippen LogP contribution is -2.74. The molecule has 3 nitrogen and oxygen atoms in total. The lowest BCUT2D eigenvalue weighted by atomic mass is 9.33. The molecule has 0 bridgehead atoms. The molecule has 2 heterocycles. The molecule has 6 heteroatoms. The monoisotopic (exact) mass is 1260 g/mol. The molecule has 2 aliphatic heterocycles. The predicted molar refractivity (Wildman–Crippen MR) is 413 cm³/mol. The molecule has 0 spiro atoms. The van der Waals surface area contributed by atoms with Gasteiger partial charge in [-0.2, -0.15) is 0 Å². The average Bonchev–Trinajstić information content (AvgIpc) is 0.702. The van der Waals surface area contributed by atoms with Crippen LogP contribution in [0.15, 0.2) is 400 Å². The Balaban J connectivity index is 1.00. The summed E-state index contributed by atoms with van der Waals surface area (Å²) in [6, 6.07) is 150. The van der Waals surface area contributed by atoms with Gasteiger partial charge in [-0.1, -0.05) is 328 Å². The zero-order chi connectivity index (χ0) is 63.8. The third-order valence-corrected chi connectivity index (χ3v) is 29.4. The van der Waals surface area contributed by atoms with Gasteiger partial charge in [-0.3, -0.25) is 0 Å². The topological polar surface area (TPSA) is 9.72 Å². The lowest BCUT2D eigenvalue weighted by Gasteiger charge is -2.45. The van der Waals surface area contributed by atoms with Crippen molar-refractivity contribution in [2.24, 2.45) is 0 Å². The highest BCUT2D eigenvalue weighted by Gasteiger charge is 2.47. The fourth-order valence-corrected chi connectivity index (χ4v) is 25.4. The summed E-state index contributed by atoms with van der Waals surface area (Å²) in [5.41, 5.74) is 18.3. The fourth-order valence-electron chi connectivity index (χ4n) is 15.8. The molecule has 17 rings (SSSR count). The molecule has 0 aliphatic carbocycles. The highest BCUT2D eigenvalue weighted by molar-refractivity contribution is 7.20. The number of anilines is 9. The zero-order valence-corrected chi connectivity index (χ0v) is 55.0. The molecule has 0 radical (unpaired) electrons. The first-order valence-electron chi connectivity index (χ1n) is 33.3. The largest absolute Gasteiger partial charge is 0.311 e. The summed E-state index contributed by atoms with van der Waals surface area (Å²) in [5, 5.41) is 10.6. The number of hydrogen-bond donors (Lipinski definition) is 0. The number of rotatable bonds is 15. The van der Waals surface area contributed by atoms with Gasteiger partial charge in [-0.05, 0) is 153 Å². The maximum atomic E-state index is 2.62. The molecule has 0 atom stereocenters. The van der Waals surface area contributed by atoms with Gasteiger partial charge < -0.3 is 14.7 Å². The number of para-hydroxylation sites is 2. The molecule has 0 saturated carbocycles. The Morgan fingerprint density at radius 1 is 0.208 bits per heavy atom. The molecule has 0 unspecified atom stereocenters. The van der Waals surface area contributed by atoms with Crippen LogP contribution in [-0.2, 0) is 0 Å². The van der Waals surface area contributed by atoms with Gasteiger partial charge in [0, 0.05) is 45.5 Å². The van der Waals surface area contributed by atoms with Crippen molar-refractivity contribution in [1.82, 2.24) is 0 Å². The standard InChI is InChI=1S/C90H66BN3Si2/c1-11-33-67(34-12-1)69-57-59-86-84(61-69)91-85-62-70(68-35-13-2-14-36-68)58-60-87(85)94(74-42-32-56-83(64-74)96(79-49-25-8-26-50-79,80-51-27-9-28-52-80)81-53-29-10-30-54-81)89-66-75(92(71-37-15-3-16-38-71)72-39-17-4-18-40-72)65-88(90(89)91)93(86)73-41-31-55-82(63-73)95(76-43-19-5-20-44-76,77-45-21-6-22-46-77)78-47-23-7-24-48-78/h1-66H. The molecule has 0 saturated heterocycles. The van der Waals surface area contributed by atoms with Gasteiger partial charge in [0.05, 0.1) is 5.69 Å². The molecule has 0 N–H and O–H groups in total. The highest BCUT2D eigenvalue weighted by Crippen LogP contribution is 2.49. The third kappa shape index (κ3) is 9.88. The molecule has 0 amide bonds. The van der Waals surface area contributed by atoms with E-state index in [1.165, 1.54) is 80.1 Å². The quantitative estimate of drug-likeness (QED) is 0.0748. The predicted octanol–water partition coefficient (Wildman–Crippen LogP) is 15.3. The Kier molecular flexibility index (Phi) is 15.1. The molecular weight excluding hydrogens is 1190 g/mol. The minimum atomic E-state index is -3.04. The Morgan fingerprint density at radius 3 is 0.802 bits per heavy atom. The number of nitrogens with zero attached hydrogens (tertiary/aromatic N) is 3. The van der Waals surface area contributed by atoms with E-state index < -0.39 is 16.1 Å². The van der Waals surface area contributed by atoms with Crippen molar-refractivity contribution >= 4 is 132 Å². The van der Waals surface area contributed by atoms with Crippen LogP contribution in [0.3, 0.4) is 0 Å². The van der Waals surface area contributed by atoms with Crippen LogP contribution in [0.4, 0.5) is 51.2 Å². The second-order valence-electron chi connectivity index (χ2n) is 25.1. The lowest BCUT2D eigenvalue weighted by molar-refractivity contribution is 1.23.